The van der Waals surface area contributed by atoms with Crippen molar-refractivity contribution in [3.63, 3.8) is 0 Å². The molecule has 1 aromatic heterocycles. The zero-order chi connectivity index (χ0) is 16.4. The van der Waals surface area contributed by atoms with Crippen LogP contribution in [0.4, 0.5) is 0 Å². The second kappa shape index (κ2) is 6.26. The van der Waals surface area contributed by atoms with Crippen molar-refractivity contribution < 1.29 is 19.8 Å². The van der Waals surface area contributed by atoms with Crippen molar-refractivity contribution in [2.45, 2.75) is 18.9 Å². The second-order valence-corrected chi connectivity index (χ2v) is 5.65. The Morgan fingerprint density at radius 2 is 1.70 bits per heavy atom. The van der Waals surface area contributed by atoms with Gasteiger partial charge in [0.05, 0.1) is 17.2 Å². The van der Waals surface area contributed by atoms with Crippen LogP contribution in [0.25, 0.3) is 5.69 Å². The molecule has 0 bridgehead atoms. The molecule has 0 spiro atoms. The van der Waals surface area contributed by atoms with Gasteiger partial charge in [0.2, 0.25) is 0 Å². The molecular formula is C17H18N2O4. The number of benzene rings is 1. The van der Waals surface area contributed by atoms with E-state index in [2.05, 4.69) is 0 Å². The molecule has 1 aliphatic heterocycles. The van der Waals surface area contributed by atoms with Gasteiger partial charge in [-0.05, 0) is 43.2 Å². The van der Waals surface area contributed by atoms with Crippen LogP contribution in [0.2, 0.25) is 0 Å². The third-order valence-electron chi connectivity index (χ3n) is 4.12. The van der Waals surface area contributed by atoms with Gasteiger partial charge in [-0.2, -0.15) is 0 Å². The van der Waals surface area contributed by atoms with Crippen LogP contribution in [0.3, 0.4) is 0 Å². The fraction of sp³-hybridized carbons (Fsp3) is 0.294. The molecule has 0 unspecified atom stereocenters. The Morgan fingerprint density at radius 1 is 1.04 bits per heavy atom. The minimum absolute atomic E-state index is 0.00711. The fourth-order valence-electron chi connectivity index (χ4n) is 2.80. The topological polar surface area (TPSA) is 82.8 Å². The van der Waals surface area contributed by atoms with Crippen LogP contribution in [-0.4, -0.2) is 50.8 Å². The Labute approximate surface area is 133 Å². The Hall–Kier alpha value is -2.60. The molecule has 0 atom stereocenters. The number of aromatic carboxylic acids is 1. The number of aliphatic hydroxyl groups excluding tert-OH is 1. The van der Waals surface area contributed by atoms with Gasteiger partial charge in [0.15, 0.2) is 0 Å². The lowest BCUT2D eigenvalue weighted by Gasteiger charge is -2.30. The Kier molecular flexibility index (Phi) is 4.16. The van der Waals surface area contributed by atoms with Crippen molar-refractivity contribution in [3.05, 3.63) is 53.9 Å². The summed E-state index contributed by atoms with van der Waals surface area (Å²) >= 11 is 0. The number of hydrogen-bond acceptors (Lipinski definition) is 3. The minimum atomic E-state index is -1.13. The van der Waals surface area contributed by atoms with E-state index in [-0.39, 0.29) is 23.1 Å². The minimum Gasteiger partial charge on any atom is -0.478 e. The molecule has 2 aromatic rings. The summed E-state index contributed by atoms with van der Waals surface area (Å²) in [6, 6.07) is 8.50. The van der Waals surface area contributed by atoms with Crippen LogP contribution in [0, 0.1) is 0 Å². The molecule has 0 saturated carbocycles. The molecule has 0 aliphatic carbocycles. The smallest absolute Gasteiger partial charge is 0.336 e. The van der Waals surface area contributed by atoms with Crippen molar-refractivity contribution in [3.8, 4) is 5.69 Å². The predicted octanol–water partition coefficient (Wildman–Crippen LogP) is 1.77. The van der Waals surface area contributed by atoms with E-state index in [0.29, 0.717) is 31.6 Å². The average molecular weight is 314 g/mol. The molecule has 1 amide bonds. The summed E-state index contributed by atoms with van der Waals surface area (Å²) in [6.45, 7) is 0.886. The largest absolute Gasteiger partial charge is 0.478 e. The van der Waals surface area contributed by atoms with Crippen molar-refractivity contribution in [2.24, 2.45) is 0 Å². The summed E-state index contributed by atoms with van der Waals surface area (Å²) in [4.78, 5) is 25.8. The SMILES string of the molecule is O=C(O)c1cc(-n2cccc2)ccc1C(=O)N1CCC(O)CC1. The van der Waals surface area contributed by atoms with Crippen molar-refractivity contribution in [1.29, 1.82) is 0 Å². The maximum absolute atomic E-state index is 12.6. The Morgan fingerprint density at radius 3 is 2.30 bits per heavy atom. The lowest BCUT2D eigenvalue weighted by Crippen LogP contribution is -2.40. The molecule has 1 aliphatic rings. The molecule has 23 heavy (non-hydrogen) atoms. The monoisotopic (exact) mass is 314 g/mol. The van der Waals surface area contributed by atoms with Crippen LogP contribution < -0.4 is 0 Å². The fourth-order valence-corrected chi connectivity index (χ4v) is 2.80. The third-order valence-corrected chi connectivity index (χ3v) is 4.12. The first-order valence-corrected chi connectivity index (χ1v) is 7.54. The van der Waals surface area contributed by atoms with Gasteiger partial charge >= 0.3 is 5.97 Å². The summed E-state index contributed by atoms with van der Waals surface area (Å²) in [5.41, 5.74) is 0.870. The highest BCUT2D eigenvalue weighted by molar-refractivity contribution is 6.05. The van der Waals surface area contributed by atoms with Gasteiger partial charge in [0, 0.05) is 31.2 Å². The highest BCUT2D eigenvalue weighted by Gasteiger charge is 2.25. The van der Waals surface area contributed by atoms with E-state index >= 15 is 0 Å². The third kappa shape index (κ3) is 3.12. The molecule has 1 fully saturated rings. The van der Waals surface area contributed by atoms with Crippen molar-refractivity contribution in [2.75, 3.05) is 13.1 Å². The summed E-state index contributed by atoms with van der Waals surface area (Å²) in [5.74, 6) is -1.42. The zero-order valence-electron chi connectivity index (χ0n) is 12.6. The van der Waals surface area contributed by atoms with E-state index < -0.39 is 5.97 Å². The van der Waals surface area contributed by atoms with Gasteiger partial charge in [0.1, 0.15) is 0 Å². The molecule has 2 heterocycles. The molecule has 6 nitrogen and oxygen atoms in total. The van der Waals surface area contributed by atoms with Gasteiger partial charge < -0.3 is 19.7 Å². The number of aliphatic hydroxyl groups is 1. The number of carbonyl (C=O) groups is 2. The quantitative estimate of drug-likeness (QED) is 0.904. The molecule has 120 valence electrons. The number of carboxylic acid groups (broad SMARTS) is 1. The summed E-state index contributed by atoms with van der Waals surface area (Å²) < 4.78 is 1.79. The molecule has 3 rings (SSSR count). The zero-order valence-corrected chi connectivity index (χ0v) is 12.6. The number of aromatic nitrogens is 1. The number of likely N-dealkylation sites (tertiary alicyclic amines) is 1. The van der Waals surface area contributed by atoms with Crippen LogP contribution in [0.15, 0.2) is 42.7 Å². The van der Waals surface area contributed by atoms with Crippen molar-refractivity contribution in [1.82, 2.24) is 9.47 Å². The van der Waals surface area contributed by atoms with Gasteiger partial charge in [0.25, 0.3) is 5.91 Å². The van der Waals surface area contributed by atoms with Crippen LogP contribution in [-0.2, 0) is 0 Å². The van der Waals surface area contributed by atoms with Gasteiger partial charge in [-0.1, -0.05) is 0 Å². The first kappa shape index (κ1) is 15.3. The van der Waals surface area contributed by atoms with Crippen LogP contribution >= 0.6 is 0 Å². The number of nitrogens with zero attached hydrogens (tertiary/aromatic N) is 2. The standard InChI is InChI=1S/C17H18N2O4/c20-13-5-9-19(10-6-13)16(21)14-4-3-12(11-15(14)17(22)23)18-7-1-2-8-18/h1-4,7-8,11,13,20H,5-6,9-10H2,(H,22,23). The first-order valence-electron chi connectivity index (χ1n) is 7.54. The summed E-state index contributed by atoms with van der Waals surface area (Å²) in [7, 11) is 0. The average Bonchev–Trinajstić information content (AvgIpc) is 3.09. The van der Waals surface area contributed by atoms with E-state index in [1.807, 2.05) is 24.5 Å². The number of piperidine rings is 1. The van der Waals surface area contributed by atoms with Crippen LogP contribution in [0.1, 0.15) is 33.6 Å². The normalized spacial score (nSPS) is 15.6. The molecular weight excluding hydrogens is 296 g/mol. The molecule has 6 heteroatoms. The summed E-state index contributed by atoms with van der Waals surface area (Å²) in [6.07, 6.45) is 4.29. The Balaban J connectivity index is 1.92. The summed E-state index contributed by atoms with van der Waals surface area (Å²) in [5, 5.41) is 19.0. The van der Waals surface area contributed by atoms with E-state index in [9.17, 15) is 19.8 Å². The lowest BCUT2D eigenvalue weighted by molar-refractivity contribution is 0.0536. The van der Waals surface area contributed by atoms with Gasteiger partial charge in [-0.15, -0.1) is 0 Å². The van der Waals surface area contributed by atoms with E-state index in [0.717, 1.165) is 0 Å². The molecule has 1 saturated heterocycles. The van der Waals surface area contributed by atoms with Crippen LogP contribution in [0.5, 0.6) is 0 Å². The van der Waals surface area contributed by atoms with E-state index in [1.54, 1.807) is 21.6 Å². The molecule has 1 aromatic carbocycles. The Bertz CT molecular complexity index is 716. The molecule has 0 radical (unpaired) electrons. The number of carboxylic acids is 1. The number of rotatable bonds is 3. The number of carbonyl (C=O) groups excluding carboxylic acids is 1. The van der Waals surface area contributed by atoms with Gasteiger partial charge in [-0.3, -0.25) is 4.79 Å². The predicted molar refractivity (Wildman–Crippen MR) is 83.9 cm³/mol. The first-order chi connectivity index (χ1) is 11.1. The maximum Gasteiger partial charge on any atom is 0.336 e. The maximum atomic E-state index is 12.6. The second-order valence-electron chi connectivity index (χ2n) is 5.65. The number of amides is 1. The van der Waals surface area contributed by atoms with Gasteiger partial charge in [-0.25, -0.2) is 4.79 Å². The number of hydrogen-bond donors (Lipinski definition) is 2. The van der Waals surface area contributed by atoms with E-state index in [1.165, 1.54) is 6.07 Å². The van der Waals surface area contributed by atoms with Crippen molar-refractivity contribution >= 4 is 11.9 Å². The van der Waals surface area contributed by atoms with E-state index in [4.69, 9.17) is 0 Å². The molecule has 2 N–H and O–H groups in total. The highest BCUT2D eigenvalue weighted by atomic mass is 16.4. The lowest BCUT2D eigenvalue weighted by atomic mass is 10.0. The highest BCUT2D eigenvalue weighted by Crippen LogP contribution is 2.20.